The van der Waals surface area contributed by atoms with Crippen LogP contribution >= 0.6 is 0 Å². The predicted octanol–water partition coefficient (Wildman–Crippen LogP) is -1.75. The first-order valence-corrected chi connectivity index (χ1v) is 8.94. The molecule has 0 bridgehead atoms. The zero-order chi connectivity index (χ0) is 17.2. The summed E-state index contributed by atoms with van der Waals surface area (Å²) in [6.07, 6.45) is 5.62. The Morgan fingerprint density at radius 3 is 1.96 bits per heavy atom. The summed E-state index contributed by atoms with van der Waals surface area (Å²) in [4.78, 5) is 4.83. The molecule has 2 rings (SSSR count). The second-order valence-corrected chi connectivity index (χ2v) is 6.89. The fourth-order valence-corrected chi connectivity index (χ4v) is 3.71. The van der Waals surface area contributed by atoms with Crippen molar-refractivity contribution < 1.29 is 0 Å². The first kappa shape index (κ1) is 18.0. The van der Waals surface area contributed by atoms with Crippen molar-refractivity contribution in [3.63, 3.8) is 0 Å². The molecular formula is C18H27B4N. The highest BCUT2D eigenvalue weighted by Gasteiger charge is 2.26. The molecule has 0 atom stereocenters. The predicted molar refractivity (Wildman–Crippen MR) is 115 cm³/mol. The summed E-state index contributed by atoms with van der Waals surface area (Å²) in [5.74, 6) is 0. The molecule has 1 heterocycles. The fraction of sp³-hybridized carbons (Fsp3) is 0.389. The number of nitrogens with zero attached hydrogens (tertiary/aromatic N) is 1. The quantitative estimate of drug-likeness (QED) is 0.597. The van der Waals surface area contributed by atoms with Crippen molar-refractivity contribution in [1.82, 2.24) is 4.98 Å². The van der Waals surface area contributed by atoms with Crippen molar-refractivity contribution in [3.8, 4) is 11.3 Å². The molecule has 116 valence electrons. The second-order valence-electron chi connectivity index (χ2n) is 6.89. The Morgan fingerprint density at radius 2 is 1.48 bits per heavy atom. The van der Waals surface area contributed by atoms with Crippen LogP contribution < -0.4 is 21.9 Å². The van der Waals surface area contributed by atoms with Crippen molar-refractivity contribution in [2.45, 2.75) is 45.4 Å². The second kappa shape index (κ2) is 7.03. The van der Waals surface area contributed by atoms with Crippen molar-refractivity contribution in [3.05, 3.63) is 30.0 Å². The highest BCUT2D eigenvalue weighted by molar-refractivity contribution is 6.63. The molecule has 23 heavy (non-hydrogen) atoms. The maximum Gasteiger partial charge on any atom is 0.139 e. The molecule has 1 aromatic carbocycles. The largest absolute Gasteiger partial charge is 0.256 e. The van der Waals surface area contributed by atoms with Gasteiger partial charge in [0.1, 0.15) is 31.4 Å². The lowest BCUT2D eigenvalue weighted by Gasteiger charge is -2.31. The minimum absolute atomic E-state index is 0.277. The van der Waals surface area contributed by atoms with E-state index < -0.39 is 0 Å². The molecule has 0 aliphatic rings. The lowest BCUT2D eigenvalue weighted by Crippen LogP contribution is -2.48. The Balaban J connectivity index is 2.49. The van der Waals surface area contributed by atoms with Gasteiger partial charge in [-0.3, -0.25) is 4.98 Å². The third-order valence-electron chi connectivity index (χ3n) is 6.16. The minimum Gasteiger partial charge on any atom is -0.256 e. The molecule has 0 N–H and O–H groups in total. The van der Waals surface area contributed by atoms with Gasteiger partial charge in [0.25, 0.3) is 0 Å². The first-order valence-electron chi connectivity index (χ1n) is 8.94. The van der Waals surface area contributed by atoms with Gasteiger partial charge in [0.2, 0.25) is 0 Å². The van der Waals surface area contributed by atoms with Crippen LogP contribution in [0.4, 0.5) is 0 Å². The van der Waals surface area contributed by atoms with E-state index >= 15 is 0 Å². The van der Waals surface area contributed by atoms with E-state index in [0.29, 0.717) is 0 Å². The highest BCUT2D eigenvalue weighted by Crippen LogP contribution is 2.34. The molecule has 0 saturated carbocycles. The monoisotopic (exact) mass is 301 g/mol. The van der Waals surface area contributed by atoms with Crippen LogP contribution in [0.25, 0.3) is 11.3 Å². The zero-order valence-electron chi connectivity index (χ0n) is 15.9. The summed E-state index contributed by atoms with van der Waals surface area (Å²) >= 11 is 0. The van der Waals surface area contributed by atoms with E-state index in [-0.39, 0.29) is 5.41 Å². The number of pyridine rings is 1. The average molecular weight is 301 g/mol. The number of hydrogen-bond donors (Lipinski definition) is 0. The molecule has 1 aromatic heterocycles. The van der Waals surface area contributed by atoms with Crippen LogP contribution in [-0.4, -0.2) is 36.4 Å². The highest BCUT2D eigenvalue weighted by atomic mass is 14.7. The van der Waals surface area contributed by atoms with Crippen molar-refractivity contribution in [2.75, 3.05) is 0 Å². The third kappa shape index (κ3) is 3.16. The van der Waals surface area contributed by atoms with Crippen LogP contribution in [-0.2, 0) is 5.41 Å². The van der Waals surface area contributed by atoms with Gasteiger partial charge >= 0.3 is 0 Å². The van der Waals surface area contributed by atoms with E-state index in [1.54, 1.807) is 0 Å². The number of benzene rings is 1. The van der Waals surface area contributed by atoms with E-state index in [4.69, 9.17) is 4.98 Å². The van der Waals surface area contributed by atoms with Gasteiger partial charge in [0.15, 0.2) is 0 Å². The van der Waals surface area contributed by atoms with Crippen LogP contribution in [0, 0.1) is 0 Å². The summed E-state index contributed by atoms with van der Waals surface area (Å²) < 4.78 is 0. The SMILES string of the molecule is Bc1cc(-c2ccc(C(CC)(CC)CC)cn2)c(B)c(B)c1B. The first-order chi connectivity index (χ1) is 10.9. The molecule has 0 fully saturated rings. The van der Waals surface area contributed by atoms with Crippen LogP contribution in [0.2, 0.25) is 0 Å². The van der Waals surface area contributed by atoms with Crippen LogP contribution in [0.5, 0.6) is 0 Å². The summed E-state index contributed by atoms with van der Waals surface area (Å²) in [6, 6.07) is 6.79. The van der Waals surface area contributed by atoms with Gasteiger partial charge in [-0.25, -0.2) is 0 Å². The normalized spacial score (nSPS) is 11.6. The van der Waals surface area contributed by atoms with E-state index in [0.717, 1.165) is 5.69 Å². The van der Waals surface area contributed by atoms with Crippen molar-refractivity contribution >= 4 is 53.2 Å². The molecule has 5 heteroatoms. The Hall–Kier alpha value is -1.37. The molecule has 0 saturated heterocycles. The molecule has 0 radical (unpaired) electrons. The van der Waals surface area contributed by atoms with Gasteiger partial charge in [0.05, 0.1) is 5.69 Å². The maximum absolute atomic E-state index is 4.83. The van der Waals surface area contributed by atoms with Crippen LogP contribution in [0.3, 0.4) is 0 Å². The van der Waals surface area contributed by atoms with Gasteiger partial charge in [-0.05, 0) is 41.9 Å². The maximum atomic E-state index is 4.83. The molecular weight excluding hydrogens is 273 g/mol. The molecule has 1 nitrogen and oxygen atoms in total. The fourth-order valence-electron chi connectivity index (χ4n) is 3.71. The molecule has 0 spiro atoms. The Bertz CT molecular complexity index is 683. The minimum atomic E-state index is 0.277. The number of hydrogen-bond acceptors (Lipinski definition) is 1. The van der Waals surface area contributed by atoms with Gasteiger partial charge in [-0.1, -0.05) is 43.8 Å². The van der Waals surface area contributed by atoms with E-state index in [1.807, 2.05) is 0 Å². The number of aromatic nitrogens is 1. The van der Waals surface area contributed by atoms with Gasteiger partial charge in [0, 0.05) is 6.20 Å². The summed E-state index contributed by atoms with van der Waals surface area (Å²) in [6.45, 7) is 6.87. The lowest BCUT2D eigenvalue weighted by molar-refractivity contribution is 0.380. The third-order valence-corrected chi connectivity index (χ3v) is 6.16. The summed E-state index contributed by atoms with van der Waals surface area (Å²) in [5, 5.41) is 0. The zero-order valence-corrected chi connectivity index (χ0v) is 15.9. The van der Waals surface area contributed by atoms with E-state index in [1.165, 1.54) is 52.2 Å². The standard InChI is InChI=1S/C18H27B4N/c1-4-18(5-2,6-3)11-7-8-14(23-10-11)12-9-13(19)16(21)17(22)15(12)20/h7-10H,4-6,19-22H2,1-3H3. The van der Waals surface area contributed by atoms with Crippen LogP contribution in [0.15, 0.2) is 24.4 Å². The molecule has 2 aromatic rings. The summed E-state index contributed by atoms with van der Waals surface area (Å²) in [7, 11) is 8.82. The smallest absolute Gasteiger partial charge is 0.139 e. The molecule has 0 aliphatic carbocycles. The van der Waals surface area contributed by atoms with Crippen molar-refractivity contribution in [1.29, 1.82) is 0 Å². The van der Waals surface area contributed by atoms with Gasteiger partial charge in [-0.15, -0.1) is 10.9 Å². The molecule has 0 aliphatic heterocycles. The molecule has 0 amide bonds. The Labute approximate surface area is 145 Å². The Kier molecular flexibility index (Phi) is 5.49. The van der Waals surface area contributed by atoms with Crippen molar-refractivity contribution in [2.24, 2.45) is 0 Å². The topological polar surface area (TPSA) is 12.9 Å². The van der Waals surface area contributed by atoms with Gasteiger partial charge < -0.3 is 0 Å². The van der Waals surface area contributed by atoms with Gasteiger partial charge in [-0.2, -0.15) is 0 Å². The average Bonchev–Trinajstić information content (AvgIpc) is 2.59. The Morgan fingerprint density at radius 1 is 0.870 bits per heavy atom. The summed E-state index contributed by atoms with van der Waals surface area (Å²) in [5.41, 5.74) is 9.49. The van der Waals surface area contributed by atoms with E-state index in [2.05, 4.69) is 76.6 Å². The number of rotatable bonds is 5. The lowest BCUT2D eigenvalue weighted by atomic mass is 9.65. The van der Waals surface area contributed by atoms with E-state index in [9.17, 15) is 0 Å². The molecule has 0 unspecified atom stereocenters. The van der Waals surface area contributed by atoms with Crippen LogP contribution in [0.1, 0.15) is 45.6 Å².